The average Bonchev–Trinajstić information content (AvgIpc) is 3.23. The van der Waals surface area contributed by atoms with E-state index in [1.807, 2.05) is 24.3 Å². The van der Waals surface area contributed by atoms with Crippen LogP contribution in [0.2, 0.25) is 5.02 Å². The van der Waals surface area contributed by atoms with Gasteiger partial charge in [0.25, 0.3) is 0 Å². The Hall–Kier alpha value is -3.30. The van der Waals surface area contributed by atoms with E-state index in [0.717, 1.165) is 36.6 Å². The van der Waals surface area contributed by atoms with Gasteiger partial charge in [0.2, 0.25) is 0 Å². The summed E-state index contributed by atoms with van der Waals surface area (Å²) in [6.45, 7) is 2.55. The summed E-state index contributed by atoms with van der Waals surface area (Å²) in [6, 6.07) is 21.1. The molecule has 2 heterocycles. The number of rotatable bonds is 7. The van der Waals surface area contributed by atoms with E-state index in [9.17, 15) is 13.2 Å². The summed E-state index contributed by atoms with van der Waals surface area (Å²) in [7, 11) is 0. The Morgan fingerprint density at radius 1 is 1.11 bits per heavy atom. The molecule has 0 amide bonds. The van der Waals surface area contributed by atoms with Crippen LogP contribution in [0.5, 0.6) is 5.75 Å². The van der Waals surface area contributed by atoms with Gasteiger partial charge in [-0.3, -0.25) is 0 Å². The number of aryl methyl sites for hydroxylation is 1. The van der Waals surface area contributed by atoms with E-state index >= 15 is 0 Å². The molecular formula is C28H29ClF3N3O3. The van der Waals surface area contributed by atoms with Gasteiger partial charge in [0, 0.05) is 17.6 Å². The summed E-state index contributed by atoms with van der Waals surface area (Å²) in [5.74, 6) is -0.982. The molecule has 3 aromatic carbocycles. The van der Waals surface area contributed by atoms with E-state index in [0.29, 0.717) is 17.7 Å². The van der Waals surface area contributed by atoms with Gasteiger partial charge >= 0.3 is 12.1 Å². The topological polar surface area (TPSA) is 76.4 Å². The van der Waals surface area contributed by atoms with E-state index in [4.69, 9.17) is 31.2 Å². The highest BCUT2D eigenvalue weighted by Crippen LogP contribution is 2.26. The fourth-order valence-corrected chi connectivity index (χ4v) is 4.69. The van der Waals surface area contributed by atoms with Gasteiger partial charge in [-0.15, -0.1) is 0 Å². The normalized spacial score (nSPS) is 15.7. The minimum absolute atomic E-state index is 0.439. The largest absolute Gasteiger partial charge is 0.490 e. The van der Waals surface area contributed by atoms with Gasteiger partial charge in [0.05, 0.1) is 11.0 Å². The summed E-state index contributed by atoms with van der Waals surface area (Å²) in [6.07, 6.45) is 1.19. The highest BCUT2D eigenvalue weighted by atomic mass is 35.5. The molecule has 10 heteroatoms. The number of nitrogens with zero attached hydrogens (tertiary/aromatic N) is 2. The molecular weight excluding hydrogens is 519 g/mol. The summed E-state index contributed by atoms with van der Waals surface area (Å²) in [5, 5.41) is 14.0. The number of imidazole rings is 1. The lowest BCUT2D eigenvalue weighted by atomic mass is 10.0. The second kappa shape index (κ2) is 12.5. The number of hydrogen-bond donors (Lipinski definition) is 2. The highest BCUT2D eigenvalue weighted by molar-refractivity contribution is 6.30. The van der Waals surface area contributed by atoms with Gasteiger partial charge in [0.1, 0.15) is 18.2 Å². The monoisotopic (exact) mass is 547 g/mol. The van der Waals surface area contributed by atoms with Crippen molar-refractivity contribution in [3.05, 3.63) is 71.5 Å². The molecule has 1 saturated heterocycles. The molecule has 38 heavy (non-hydrogen) atoms. The van der Waals surface area contributed by atoms with Crippen molar-refractivity contribution >= 4 is 39.4 Å². The predicted molar refractivity (Wildman–Crippen MR) is 142 cm³/mol. The fourth-order valence-electron chi connectivity index (χ4n) is 4.57. The molecule has 1 unspecified atom stereocenters. The number of benzene rings is 3. The van der Waals surface area contributed by atoms with Crippen LogP contribution in [-0.4, -0.2) is 39.4 Å². The Balaban J connectivity index is 0.000000426. The van der Waals surface area contributed by atoms with Crippen LogP contribution < -0.4 is 10.1 Å². The summed E-state index contributed by atoms with van der Waals surface area (Å²) in [4.78, 5) is 13.9. The third-order valence-electron chi connectivity index (χ3n) is 6.47. The van der Waals surface area contributed by atoms with Crippen LogP contribution in [0.1, 0.15) is 37.9 Å². The average molecular weight is 548 g/mol. The van der Waals surface area contributed by atoms with Crippen LogP contribution in [0.15, 0.2) is 60.7 Å². The van der Waals surface area contributed by atoms with Crippen LogP contribution in [-0.2, 0) is 17.9 Å². The van der Waals surface area contributed by atoms with E-state index in [-0.39, 0.29) is 0 Å². The molecule has 0 aliphatic carbocycles. The van der Waals surface area contributed by atoms with Crippen molar-refractivity contribution in [1.29, 1.82) is 0 Å². The first-order chi connectivity index (χ1) is 18.2. The number of nitrogens with one attached hydrogen (secondary N) is 1. The predicted octanol–water partition coefficient (Wildman–Crippen LogP) is 6.98. The number of carbonyl (C=O) groups is 1. The molecule has 0 bridgehead atoms. The first-order valence-electron chi connectivity index (χ1n) is 12.5. The van der Waals surface area contributed by atoms with Crippen LogP contribution >= 0.6 is 11.6 Å². The SMILES string of the molecule is Clc1ccc(OCc2nc3cc4ccccc4cc3n2CCCC2CCCCN2)cc1.O=C(O)C(F)(F)F. The quantitative estimate of drug-likeness (QED) is 0.261. The molecule has 0 radical (unpaired) electrons. The summed E-state index contributed by atoms with van der Waals surface area (Å²) in [5.41, 5.74) is 2.22. The molecule has 0 spiro atoms. The second-order valence-corrected chi connectivity index (χ2v) is 9.64. The third kappa shape index (κ3) is 7.39. The minimum Gasteiger partial charge on any atom is -0.486 e. The van der Waals surface area contributed by atoms with Gasteiger partial charge in [-0.2, -0.15) is 13.2 Å². The molecule has 2 N–H and O–H groups in total. The van der Waals surface area contributed by atoms with Gasteiger partial charge in [-0.25, -0.2) is 9.78 Å². The summed E-state index contributed by atoms with van der Waals surface area (Å²) >= 11 is 6.00. The minimum atomic E-state index is -5.08. The first kappa shape index (κ1) is 27.7. The molecule has 1 atom stereocenters. The molecule has 5 rings (SSSR count). The lowest BCUT2D eigenvalue weighted by Crippen LogP contribution is -2.34. The van der Waals surface area contributed by atoms with E-state index < -0.39 is 12.1 Å². The molecule has 4 aromatic rings. The number of ether oxygens (including phenoxy) is 1. The molecule has 202 valence electrons. The number of aliphatic carboxylic acids is 1. The smallest absolute Gasteiger partial charge is 0.486 e. The second-order valence-electron chi connectivity index (χ2n) is 9.20. The lowest BCUT2D eigenvalue weighted by molar-refractivity contribution is -0.192. The van der Waals surface area contributed by atoms with Crippen LogP contribution in [0.4, 0.5) is 13.2 Å². The van der Waals surface area contributed by atoms with Crippen LogP contribution in [0.25, 0.3) is 21.8 Å². The van der Waals surface area contributed by atoms with Crippen molar-refractivity contribution in [2.24, 2.45) is 0 Å². The molecule has 6 nitrogen and oxygen atoms in total. The number of piperidine rings is 1. The fraction of sp³-hybridized carbons (Fsp3) is 0.357. The molecule has 0 saturated carbocycles. The summed E-state index contributed by atoms with van der Waals surface area (Å²) < 4.78 is 40.1. The van der Waals surface area contributed by atoms with E-state index in [1.165, 1.54) is 42.0 Å². The number of fused-ring (bicyclic) bond motifs is 2. The Morgan fingerprint density at radius 2 is 1.79 bits per heavy atom. The van der Waals surface area contributed by atoms with Crippen LogP contribution in [0, 0.1) is 0 Å². The first-order valence-corrected chi connectivity index (χ1v) is 12.9. The van der Waals surface area contributed by atoms with Gasteiger partial charge in [0.15, 0.2) is 0 Å². The third-order valence-corrected chi connectivity index (χ3v) is 6.72. The molecule has 1 aliphatic rings. The Bertz CT molecular complexity index is 1370. The van der Waals surface area contributed by atoms with Gasteiger partial charge < -0.3 is 19.7 Å². The number of alkyl halides is 3. The van der Waals surface area contributed by atoms with Gasteiger partial charge in [-0.05, 0) is 79.4 Å². The number of hydrogen-bond acceptors (Lipinski definition) is 4. The van der Waals surface area contributed by atoms with Crippen molar-refractivity contribution in [3.63, 3.8) is 0 Å². The maximum Gasteiger partial charge on any atom is 0.490 e. The maximum atomic E-state index is 10.6. The molecule has 1 aromatic heterocycles. The lowest BCUT2D eigenvalue weighted by Gasteiger charge is -2.23. The van der Waals surface area contributed by atoms with Crippen molar-refractivity contribution in [1.82, 2.24) is 14.9 Å². The van der Waals surface area contributed by atoms with Crippen molar-refractivity contribution in [2.75, 3.05) is 6.54 Å². The van der Waals surface area contributed by atoms with E-state index in [1.54, 1.807) is 0 Å². The van der Waals surface area contributed by atoms with Crippen LogP contribution in [0.3, 0.4) is 0 Å². The Kier molecular flexibility index (Phi) is 9.12. The van der Waals surface area contributed by atoms with E-state index in [2.05, 4.69) is 46.3 Å². The Labute approximate surface area is 223 Å². The number of carboxylic acids is 1. The Morgan fingerprint density at radius 3 is 2.42 bits per heavy atom. The number of halogens is 4. The van der Waals surface area contributed by atoms with Crippen molar-refractivity contribution in [2.45, 2.75) is 57.5 Å². The number of aromatic nitrogens is 2. The van der Waals surface area contributed by atoms with Crippen molar-refractivity contribution < 1.29 is 27.8 Å². The zero-order valence-corrected chi connectivity index (χ0v) is 21.4. The highest BCUT2D eigenvalue weighted by Gasteiger charge is 2.38. The van der Waals surface area contributed by atoms with Crippen molar-refractivity contribution in [3.8, 4) is 5.75 Å². The standard InChI is InChI=1S/C26H28ClN3O.C2HF3O2/c27-21-10-12-23(13-11-21)31-18-26-29-24-16-19-6-1-2-7-20(19)17-25(24)30(26)15-5-9-22-8-3-4-14-28-22;3-2(4,5)1(6)7/h1-2,6-7,10-13,16-17,22,28H,3-5,8-9,14-15,18H2;(H,6,7). The zero-order valence-electron chi connectivity index (χ0n) is 20.7. The number of carboxylic acid groups (broad SMARTS) is 1. The molecule has 1 aliphatic heterocycles. The zero-order chi connectivity index (χ0) is 27.1. The van der Waals surface area contributed by atoms with Gasteiger partial charge in [-0.1, -0.05) is 42.3 Å². The molecule has 1 fully saturated rings. The maximum absolute atomic E-state index is 10.6.